The molecule has 1 aromatic carbocycles. The molecule has 1 aliphatic carbocycles. The summed E-state index contributed by atoms with van der Waals surface area (Å²) in [6.45, 7) is 7.38. The Labute approximate surface area is 135 Å². The summed E-state index contributed by atoms with van der Waals surface area (Å²) in [5.41, 5.74) is -0.191. The molecule has 0 saturated heterocycles. The second-order valence-corrected chi connectivity index (χ2v) is 6.76. The van der Waals surface area contributed by atoms with E-state index in [0.29, 0.717) is 12.0 Å². The van der Waals surface area contributed by atoms with E-state index in [1.807, 2.05) is 20.8 Å². The zero-order chi connectivity index (χ0) is 17.4. The van der Waals surface area contributed by atoms with Gasteiger partial charge in [0.25, 0.3) is 5.91 Å². The van der Waals surface area contributed by atoms with Gasteiger partial charge in [-0.3, -0.25) is 9.59 Å². The number of nitrogens with one attached hydrogen (secondary N) is 2. The Balaban J connectivity index is 2.12. The molecular weight excluding hydrogens is 299 g/mol. The van der Waals surface area contributed by atoms with Crippen LogP contribution in [0.5, 0.6) is 0 Å². The van der Waals surface area contributed by atoms with E-state index in [9.17, 15) is 14.0 Å². The number of carbonyl (C=O) groups is 2. The normalized spacial score (nSPS) is 25.4. The zero-order valence-corrected chi connectivity index (χ0v) is 14.1. The summed E-state index contributed by atoms with van der Waals surface area (Å²) in [4.78, 5) is 23.5. The molecular formula is C17H23FN2O3. The number of hydrogen-bond donors (Lipinski definition) is 2. The van der Waals surface area contributed by atoms with Crippen LogP contribution in [0, 0.1) is 11.2 Å². The first-order valence-corrected chi connectivity index (χ1v) is 7.54. The molecule has 2 rings (SSSR count). The number of ether oxygens (including phenoxy) is 1. The lowest BCUT2D eigenvalue weighted by atomic mass is 9.56. The highest BCUT2D eigenvalue weighted by Crippen LogP contribution is 2.51. The summed E-state index contributed by atoms with van der Waals surface area (Å²) in [5, 5.41) is 5.33. The average molecular weight is 322 g/mol. The summed E-state index contributed by atoms with van der Waals surface area (Å²) in [7, 11) is 1.67. The second-order valence-electron chi connectivity index (χ2n) is 6.76. The van der Waals surface area contributed by atoms with E-state index in [1.54, 1.807) is 7.11 Å². The third kappa shape index (κ3) is 3.08. The smallest absolute Gasteiger partial charge is 0.251 e. The van der Waals surface area contributed by atoms with Crippen LogP contribution in [0.15, 0.2) is 18.2 Å². The van der Waals surface area contributed by atoms with Gasteiger partial charge in [0.2, 0.25) is 5.91 Å². The van der Waals surface area contributed by atoms with Gasteiger partial charge in [0.15, 0.2) is 0 Å². The van der Waals surface area contributed by atoms with Crippen LogP contribution in [0.3, 0.4) is 0 Å². The number of anilines is 1. The largest absolute Gasteiger partial charge is 0.378 e. The van der Waals surface area contributed by atoms with Crippen molar-refractivity contribution in [2.75, 3.05) is 12.4 Å². The minimum absolute atomic E-state index is 0.000232. The van der Waals surface area contributed by atoms with Crippen molar-refractivity contribution in [3.63, 3.8) is 0 Å². The van der Waals surface area contributed by atoms with E-state index in [1.165, 1.54) is 25.1 Å². The van der Waals surface area contributed by atoms with Gasteiger partial charge >= 0.3 is 0 Å². The van der Waals surface area contributed by atoms with E-state index in [0.717, 1.165) is 0 Å². The molecule has 0 aliphatic heterocycles. The zero-order valence-electron chi connectivity index (χ0n) is 14.1. The Bertz CT molecular complexity index is 645. The van der Waals surface area contributed by atoms with E-state index < -0.39 is 11.7 Å². The molecule has 2 atom stereocenters. The van der Waals surface area contributed by atoms with Crippen LogP contribution in [0.25, 0.3) is 0 Å². The first-order valence-electron chi connectivity index (χ1n) is 7.54. The van der Waals surface area contributed by atoms with Gasteiger partial charge in [0.1, 0.15) is 5.82 Å². The number of carbonyl (C=O) groups excluding carboxylic acids is 2. The highest BCUT2D eigenvalue weighted by Gasteiger charge is 2.58. The molecule has 1 saturated carbocycles. The van der Waals surface area contributed by atoms with Crippen LogP contribution in [-0.2, 0) is 9.53 Å². The van der Waals surface area contributed by atoms with Gasteiger partial charge in [-0.2, -0.15) is 0 Å². The van der Waals surface area contributed by atoms with Gasteiger partial charge in [-0.05, 0) is 31.5 Å². The van der Waals surface area contributed by atoms with E-state index in [4.69, 9.17) is 4.74 Å². The highest BCUT2D eigenvalue weighted by atomic mass is 19.1. The van der Waals surface area contributed by atoms with Crippen molar-refractivity contribution < 1.29 is 18.7 Å². The maximum atomic E-state index is 13.6. The van der Waals surface area contributed by atoms with Crippen molar-refractivity contribution in [1.29, 1.82) is 0 Å². The lowest BCUT2D eigenvalue weighted by Crippen LogP contribution is -2.68. The molecule has 0 heterocycles. The number of amides is 2. The monoisotopic (exact) mass is 322 g/mol. The molecule has 6 heteroatoms. The molecule has 0 aromatic heterocycles. The Kier molecular flexibility index (Phi) is 4.48. The SMILES string of the molecule is CO[C@]1(C)C[C@H](NC(=O)c2ccc(F)c(NC(C)=O)c2)C1(C)C. The third-order valence-electron chi connectivity index (χ3n) is 5.12. The molecule has 126 valence electrons. The molecule has 0 radical (unpaired) electrons. The first kappa shape index (κ1) is 17.4. The molecule has 0 unspecified atom stereocenters. The Hall–Kier alpha value is -1.95. The topological polar surface area (TPSA) is 67.4 Å². The number of methoxy groups -OCH3 is 1. The standard InChI is InChI=1S/C17H23FN2O3/c1-10(21)19-13-8-11(6-7-12(13)18)15(22)20-14-9-17(4,23-5)16(14,2)3/h6-8,14H,9H2,1-5H3,(H,19,21)(H,20,22)/t14-,17+/m0/s1. The number of rotatable bonds is 4. The summed E-state index contributed by atoms with van der Waals surface area (Å²) in [6.07, 6.45) is 0.710. The highest BCUT2D eigenvalue weighted by molar-refractivity contribution is 5.97. The van der Waals surface area contributed by atoms with Crippen LogP contribution in [0.4, 0.5) is 10.1 Å². The number of hydrogen-bond acceptors (Lipinski definition) is 3. The lowest BCUT2D eigenvalue weighted by Gasteiger charge is -2.59. The molecule has 1 aromatic rings. The van der Waals surface area contributed by atoms with Gasteiger partial charge in [0, 0.05) is 31.1 Å². The fourth-order valence-corrected chi connectivity index (χ4v) is 2.92. The van der Waals surface area contributed by atoms with Crippen LogP contribution in [0.1, 0.15) is 44.5 Å². The van der Waals surface area contributed by atoms with Crippen molar-refractivity contribution in [3.8, 4) is 0 Å². The summed E-state index contributed by atoms with van der Waals surface area (Å²) < 4.78 is 19.2. The van der Waals surface area contributed by atoms with Crippen molar-refractivity contribution in [2.24, 2.45) is 5.41 Å². The van der Waals surface area contributed by atoms with Gasteiger partial charge in [-0.25, -0.2) is 4.39 Å². The Morgan fingerprint density at radius 2 is 1.96 bits per heavy atom. The quantitative estimate of drug-likeness (QED) is 0.895. The Morgan fingerprint density at radius 3 is 2.48 bits per heavy atom. The maximum absolute atomic E-state index is 13.6. The van der Waals surface area contributed by atoms with Gasteiger partial charge in [-0.15, -0.1) is 0 Å². The molecule has 0 spiro atoms. The predicted octanol–water partition coefficient (Wildman–Crippen LogP) is 2.72. The van der Waals surface area contributed by atoms with E-state index in [2.05, 4.69) is 10.6 Å². The minimum atomic E-state index is -0.576. The fourth-order valence-electron chi connectivity index (χ4n) is 2.92. The number of halogens is 1. The fraction of sp³-hybridized carbons (Fsp3) is 0.529. The summed E-state index contributed by atoms with van der Waals surface area (Å²) >= 11 is 0. The second kappa shape index (κ2) is 5.92. The Morgan fingerprint density at radius 1 is 1.30 bits per heavy atom. The minimum Gasteiger partial charge on any atom is -0.378 e. The molecule has 1 fully saturated rings. The van der Waals surface area contributed by atoms with Gasteiger partial charge in [0.05, 0.1) is 11.3 Å². The summed E-state index contributed by atoms with van der Waals surface area (Å²) in [5.74, 6) is -1.27. The molecule has 5 nitrogen and oxygen atoms in total. The molecule has 2 N–H and O–H groups in total. The molecule has 1 aliphatic rings. The van der Waals surface area contributed by atoms with Crippen molar-refractivity contribution in [2.45, 2.75) is 45.8 Å². The van der Waals surface area contributed by atoms with Crippen LogP contribution in [-0.4, -0.2) is 30.6 Å². The summed E-state index contributed by atoms with van der Waals surface area (Å²) in [6, 6.07) is 3.88. The van der Waals surface area contributed by atoms with E-state index >= 15 is 0 Å². The average Bonchev–Trinajstić information content (AvgIpc) is 2.48. The molecule has 2 amide bonds. The van der Waals surface area contributed by atoms with Gasteiger partial charge < -0.3 is 15.4 Å². The van der Waals surface area contributed by atoms with Crippen molar-refractivity contribution in [3.05, 3.63) is 29.6 Å². The van der Waals surface area contributed by atoms with Crippen molar-refractivity contribution in [1.82, 2.24) is 5.32 Å². The molecule has 23 heavy (non-hydrogen) atoms. The van der Waals surface area contributed by atoms with Gasteiger partial charge in [-0.1, -0.05) is 13.8 Å². The molecule has 0 bridgehead atoms. The van der Waals surface area contributed by atoms with E-state index in [-0.39, 0.29) is 28.7 Å². The van der Waals surface area contributed by atoms with Crippen molar-refractivity contribution >= 4 is 17.5 Å². The first-order chi connectivity index (χ1) is 10.6. The van der Waals surface area contributed by atoms with Crippen LogP contribution in [0.2, 0.25) is 0 Å². The number of benzene rings is 1. The maximum Gasteiger partial charge on any atom is 0.251 e. The predicted molar refractivity (Wildman–Crippen MR) is 85.8 cm³/mol. The van der Waals surface area contributed by atoms with Crippen LogP contribution < -0.4 is 10.6 Å². The third-order valence-corrected chi connectivity index (χ3v) is 5.12. The van der Waals surface area contributed by atoms with Crippen LogP contribution >= 0.6 is 0 Å². The lowest BCUT2D eigenvalue weighted by molar-refractivity contribution is -0.177.